The Hall–Kier alpha value is -2.10. The Labute approximate surface area is 124 Å². The maximum Gasteiger partial charge on any atom is 0.237 e. The molecule has 1 N–H and O–H groups in total. The van der Waals surface area contributed by atoms with Crippen molar-refractivity contribution in [1.82, 2.24) is 4.98 Å². The zero-order chi connectivity index (χ0) is 14.8. The van der Waals surface area contributed by atoms with E-state index in [0.717, 1.165) is 23.2 Å². The van der Waals surface area contributed by atoms with Gasteiger partial charge in [0.15, 0.2) is 0 Å². The number of benzene rings is 1. The Balaban J connectivity index is 1.79. The molecule has 1 aromatic heterocycles. The van der Waals surface area contributed by atoms with E-state index in [9.17, 15) is 4.39 Å². The molecule has 0 saturated carbocycles. The number of hydrogen-bond donors (Lipinski definition) is 1. The van der Waals surface area contributed by atoms with Crippen LogP contribution in [0.4, 0.5) is 10.1 Å². The van der Waals surface area contributed by atoms with Gasteiger partial charge in [-0.3, -0.25) is 0 Å². The summed E-state index contributed by atoms with van der Waals surface area (Å²) in [5.74, 6) is 0.950. The van der Waals surface area contributed by atoms with E-state index >= 15 is 0 Å². The van der Waals surface area contributed by atoms with Crippen molar-refractivity contribution in [2.24, 2.45) is 5.92 Å². The van der Waals surface area contributed by atoms with Gasteiger partial charge in [-0.25, -0.2) is 9.37 Å². The Morgan fingerprint density at radius 2 is 2.05 bits per heavy atom. The van der Waals surface area contributed by atoms with Crippen LogP contribution in [0.2, 0.25) is 0 Å². The van der Waals surface area contributed by atoms with Crippen LogP contribution in [-0.2, 0) is 6.42 Å². The summed E-state index contributed by atoms with van der Waals surface area (Å²) in [7, 11) is 0. The van der Waals surface area contributed by atoms with Gasteiger partial charge in [0.1, 0.15) is 12.4 Å². The second-order valence-electron chi connectivity index (χ2n) is 5.81. The minimum absolute atomic E-state index is 0.211. The van der Waals surface area contributed by atoms with Crippen LogP contribution in [0.15, 0.2) is 36.5 Å². The van der Waals surface area contributed by atoms with E-state index in [1.165, 1.54) is 12.1 Å². The van der Waals surface area contributed by atoms with E-state index in [4.69, 9.17) is 4.74 Å². The highest BCUT2D eigenvalue weighted by Crippen LogP contribution is 2.29. The Bertz CT molecular complexity index is 625. The lowest BCUT2D eigenvalue weighted by atomic mass is 10.0. The van der Waals surface area contributed by atoms with Gasteiger partial charge >= 0.3 is 0 Å². The predicted octanol–water partition coefficient (Wildman–Crippen LogP) is 3.64. The van der Waals surface area contributed by atoms with Crippen LogP contribution < -0.4 is 10.1 Å². The van der Waals surface area contributed by atoms with Crippen LogP contribution >= 0.6 is 0 Å². The van der Waals surface area contributed by atoms with E-state index in [2.05, 4.69) is 30.2 Å². The summed E-state index contributed by atoms with van der Waals surface area (Å²) >= 11 is 0. The summed E-state index contributed by atoms with van der Waals surface area (Å²) < 4.78 is 18.6. The van der Waals surface area contributed by atoms with Gasteiger partial charge in [-0.2, -0.15) is 0 Å². The minimum atomic E-state index is -0.211. The third-order valence-corrected chi connectivity index (χ3v) is 3.77. The van der Waals surface area contributed by atoms with Crippen LogP contribution in [-0.4, -0.2) is 17.6 Å². The average Bonchev–Trinajstić information content (AvgIpc) is 2.49. The quantitative estimate of drug-likeness (QED) is 0.935. The van der Waals surface area contributed by atoms with Crippen molar-refractivity contribution in [3.8, 4) is 5.88 Å². The lowest BCUT2D eigenvalue weighted by molar-refractivity contribution is 0.248. The van der Waals surface area contributed by atoms with Crippen molar-refractivity contribution >= 4 is 5.69 Å². The predicted molar refractivity (Wildman–Crippen MR) is 81.2 cm³/mol. The van der Waals surface area contributed by atoms with Gasteiger partial charge < -0.3 is 10.1 Å². The number of hydrogen-bond acceptors (Lipinski definition) is 3. The second kappa shape index (κ2) is 5.72. The summed E-state index contributed by atoms with van der Waals surface area (Å²) in [5, 5.41) is 3.48. The van der Waals surface area contributed by atoms with E-state index in [1.807, 2.05) is 6.20 Å². The monoisotopic (exact) mass is 286 g/mol. The third-order valence-electron chi connectivity index (χ3n) is 3.77. The molecule has 2 heterocycles. The average molecular weight is 286 g/mol. The molecule has 1 atom stereocenters. The summed E-state index contributed by atoms with van der Waals surface area (Å²) in [6.45, 7) is 4.98. The molecule has 1 aromatic carbocycles. The molecule has 0 amide bonds. The molecule has 110 valence electrons. The fourth-order valence-corrected chi connectivity index (χ4v) is 2.42. The normalized spacial score (nSPS) is 17.0. The maximum atomic E-state index is 12.9. The van der Waals surface area contributed by atoms with Gasteiger partial charge in [0.25, 0.3) is 0 Å². The molecule has 1 aliphatic rings. The zero-order valence-electron chi connectivity index (χ0n) is 12.3. The molecule has 0 spiro atoms. The molecular formula is C17H19FN2O. The zero-order valence-corrected chi connectivity index (χ0v) is 12.3. The number of rotatable bonds is 3. The van der Waals surface area contributed by atoms with Crippen LogP contribution in [0.3, 0.4) is 0 Å². The van der Waals surface area contributed by atoms with Crippen molar-refractivity contribution in [2.45, 2.75) is 26.3 Å². The molecule has 3 rings (SSSR count). The van der Waals surface area contributed by atoms with E-state index in [0.29, 0.717) is 24.4 Å². The Kier molecular flexibility index (Phi) is 3.78. The van der Waals surface area contributed by atoms with E-state index in [-0.39, 0.29) is 5.82 Å². The van der Waals surface area contributed by atoms with Crippen molar-refractivity contribution in [3.63, 3.8) is 0 Å². The number of aromatic nitrogens is 1. The van der Waals surface area contributed by atoms with Crippen LogP contribution in [0, 0.1) is 11.7 Å². The molecule has 0 bridgehead atoms. The maximum absolute atomic E-state index is 12.9. The highest BCUT2D eigenvalue weighted by molar-refractivity contribution is 5.56. The number of ether oxygens (including phenoxy) is 1. The Morgan fingerprint density at radius 1 is 1.29 bits per heavy atom. The molecule has 4 heteroatoms. The van der Waals surface area contributed by atoms with Crippen molar-refractivity contribution in [3.05, 3.63) is 53.5 Å². The molecule has 0 aliphatic carbocycles. The third kappa shape index (κ3) is 3.15. The fourth-order valence-electron chi connectivity index (χ4n) is 2.42. The first kappa shape index (κ1) is 13.9. The molecule has 0 radical (unpaired) electrons. The van der Waals surface area contributed by atoms with Crippen molar-refractivity contribution in [2.75, 3.05) is 11.9 Å². The molecular weight excluding hydrogens is 267 g/mol. The summed E-state index contributed by atoms with van der Waals surface area (Å²) in [4.78, 5) is 4.37. The SMILES string of the molecule is CC(C)[C@H]1COc2ncc(Cc3ccc(F)cc3)cc2N1. The summed E-state index contributed by atoms with van der Waals surface area (Å²) in [6.07, 6.45) is 2.55. The Morgan fingerprint density at radius 3 is 2.76 bits per heavy atom. The van der Waals surface area contributed by atoms with Crippen LogP contribution in [0.25, 0.3) is 0 Å². The first-order chi connectivity index (χ1) is 10.1. The fraction of sp³-hybridized carbons (Fsp3) is 0.353. The highest BCUT2D eigenvalue weighted by atomic mass is 19.1. The standard InChI is InChI=1S/C17H19FN2O/c1-11(2)16-10-21-17-15(20-16)8-13(9-19-17)7-12-3-5-14(18)6-4-12/h3-6,8-9,11,16,20H,7,10H2,1-2H3/t16-/m1/s1. The summed E-state index contributed by atoms with van der Waals surface area (Å²) in [5.41, 5.74) is 3.09. The number of nitrogens with one attached hydrogen (secondary N) is 1. The molecule has 3 nitrogen and oxygen atoms in total. The molecule has 0 fully saturated rings. The number of fused-ring (bicyclic) bond motifs is 1. The smallest absolute Gasteiger partial charge is 0.237 e. The van der Waals surface area contributed by atoms with Crippen LogP contribution in [0.1, 0.15) is 25.0 Å². The number of pyridine rings is 1. The van der Waals surface area contributed by atoms with E-state index < -0.39 is 0 Å². The largest absolute Gasteiger partial charge is 0.474 e. The van der Waals surface area contributed by atoms with Gasteiger partial charge in [-0.1, -0.05) is 26.0 Å². The second-order valence-corrected chi connectivity index (χ2v) is 5.81. The van der Waals surface area contributed by atoms with Crippen molar-refractivity contribution in [1.29, 1.82) is 0 Å². The number of anilines is 1. The highest BCUT2D eigenvalue weighted by Gasteiger charge is 2.22. The minimum Gasteiger partial charge on any atom is -0.474 e. The van der Waals surface area contributed by atoms with Crippen LogP contribution in [0.5, 0.6) is 5.88 Å². The molecule has 1 aliphatic heterocycles. The lowest BCUT2D eigenvalue weighted by Crippen LogP contribution is -2.36. The van der Waals surface area contributed by atoms with Crippen molar-refractivity contribution < 1.29 is 9.13 Å². The summed E-state index contributed by atoms with van der Waals surface area (Å²) in [6, 6.07) is 8.94. The molecule has 0 unspecified atom stereocenters. The number of halogens is 1. The van der Waals surface area contributed by atoms with E-state index in [1.54, 1.807) is 12.1 Å². The molecule has 21 heavy (non-hydrogen) atoms. The number of nitrogens with zero attached hydrogens (tertiary/aromatic N) is 1. The first-order valence-electron chi connectivity index (χ1n) is 7.24. The first-order valence-corrected chi connectivity index (χ1v) is 7.24. The lowest BCUT2D eigenvalue weighted by Gasteiger charge is -2.29. The van der Waals surface area contributed by atoms with Gasteiger partial charge in [0.05, 0.1) is 11.7 Å². The molecule has 2 aromatic rings. The van der Waals surface area contributed by atoms with Gasteiger partial charge in [0.2, 0.25) is 5.88 Å². The topological polar surface area (TPSA) is 34.1 Å². The van der Waals surface area contributed by atoms with Gasteiger partial charge in [-0.15, -0.1) is 0 Å². The van der Waals surface area contributed by atoms with Gasteiger partial charge in [-0.05, 0) is 41.7 Å². The molecule has 0 saturated heterocycles. The van der Waals surface area contributed by atoms with Gasteiger partial charge in [0, 0.05) is 6.20 Å².